The lowest BCUT2D eigenvalue weighted by Crippen LogP contribution is -2.30. The predicted octanol–water partition coefficient (Wildman–Crippen LogP) is 4.27. The normalized spacial score (nSPS) is 12.4. The number of fused-ring (bicyclic) bond motifs is 2. The molecule has 0 aliphatic carbocycles. The molecule has 0 spiro atoms. The number of halogens is 1. The molecule has 1 atom stereocenters. The van der Waals surface area contributed by atoms with Gasteiger partial charge < -0.3 is 14.3 Å². The van der Waals surface area contributed by atoms with Crippen LogP contribution in [-0.2, 0) is 0 Å². The Balaban J connectivity index is 1.72. The van der Waals surface area contributed by atoms with Gasteiger partial charge in [0.25, 0.3) is 11.5 Å². The molecule has 27 heavy (non-hydrogen) atoms. The molecule has 0 fully saturated rings. The third-order valence-corrected chi connectivity index (χ3v) is 5.34. The van der Waals surface area contributed by atoms with Gasteiger partial charge in [0.2, 0.25) is 0 Å². The van der Waals surface area contributed by atoms with Crippen LogP contribution in [0.1, 0.15) is 28.9 Å². The molecule has 1 amide bonds. The van der Waals surface area contributed by atoms with E-state index in [4.69, 9.17) is 11.6 Å². The van der Waals surface area contributed by atoms with Crippen LogP contribution in [0.15, 0.2) is 65.8 Å². The van der Waals surface area contributed by atoms with Crippen LogP contribution < -0.4 is 5.56 Å². The lowest BCUT2D eigenvalue weighted by Gasteiger charge is -2.26. The van der Waals surface area contributed by atoms with E-state index in [-0.39, 0.29) is 17.5 Å². The second-order valence-corrected chi connectivity index (χ2v) is 7.00. The van der Waals surface area contributed by atoms with E-state index < -0.39 is 0 Å². The average molecular weight is 380 g/mol. The Bertz CT molecular complexity index is 1230. The summed E-state index contributed by atoms with van der Waals surface area (Å²) >= 11 is 6.21. The molecule has 4 rings (SSSR count). The molecular formula is C21H18ClN3O2. The highest BCUT2D eigenvalue weighted by molar-refractivity contribution is 6.33. The van der Waals surface area contributed by atoms with Crippen molar-refractivity contribution in [1.82, 2.24) is 14.3 Å². The van der Waals surface area contributed by atoms with Crippen LogP contribution in [0.25, 0.3) is 16.3 Å². The number of benzene rings is 1. The molecule has 6 heteroatoms. The molecular weight excluding hydrogens is 362 g/mol. The van der Waals surface area contributed by atoms with E-state index in [1.54, 1.807) is 42.5 Å². The standard InChI is InChI=1S/C21H18ClN3O2/c1-13(17-11-23-20(26)16-7-4-3-6-15(16)17)24(2)21(27)14-10-19-18(22)8-5-9-25(19)12-14/h3-13H,1-2H3,(H,23,26)/t13-/m0/s1. The van der Waals surface area contributed by atoms with Crippen LogP contribution in [0, 0.1) is 0 Å². The minimum atomic E-state index is -0.224. The van der Waals surface area contributed by atoms with Gasteiger partial charge in [-0.2, -0.15) is 0 Å². The van der Waals surface area contributed by atoms with E-state index >= 15 is 0 Å². The van der Waals surface area contributed by atoms with Gasteiger partial charge in [0.1, 0.15) is 0 Å². The van der Waals surface area contributed by atoms with Gasteiger partial charge in [-0.3, -0.25) is 9.59 Å². The van der Waals surface area contributed by atoms with Crippen LogP contribution in [0.5, 0.6) is 0 Å². The molecule has 3 heterocycles. The molecule has 4 aromatic rings. The van der Waals surface area contributed by atoms with Gasteiger partial charge in [-0.05, 0) is 42.1 Å². The number of amides is 1. The predicted molar refractivity (Wildman–Crippen MR) is 107 cm³/mol. The van der Waals surface area contributed by atoms with Gasteiger partial charge in [-0.15, -0.1) is 0 Å². The fraction of sp³-hybridized carbons (Fsp3) is 0.143. The Kier molecular flexibility index (Phi) is 4.24. The monoisotopic (exact) mass is 379 g/mol. The summed E-state index contributed by atoms with van der Waals surface area (Å²) < 4.78 is 1.84. The minimum Gasteiger partial charge on any atom is -0.335 e. The Morgan fingerprint density at radius 2 is 1.93 bits per heavy atom. The fourth-order valence-electron chi connectivity index (χ4n) is 3.38. The second-order valence-electron chi connectivity index (χ2n) is 6.59. The quantitative estimate of drug-likeness (QED) is 0.578. The van der Waals surface area contributed by atoms with Crippen LogP contribution in [0.2, 0.25) is 5.02 Å². The average Bonchev–Trinajstić information content (AvgIpc) is 3.12. The zero-order chi connectivity index (χ0) is 19.1. The van der Waals surface area contributed by atoms with Crippen molar-refractivity contribution in [1.29, 1.82) is 0 Å². The van der Waals surface area contributed by atoms with Crippen molar-refractivity contribution in [3.8, 4) is 0 Å². The number of nitrogens with zero attached hydrogens (tertiary/aromatic N) is 2. The minimum absolute atomic E-state index is 0.113. The van der Waals surface area contributed by atoms with E-state index in [2.05, 4.69) is 4.98 Å². The Morgan fingerprint density at radius 1 is 1.19 bits per heavy atom. The van der Waals surface area contributed by atoms with E-state index in [9.17, 15) is 9.59 Å². The SMILES string of the molecule is C[C@@H](c1c[nH]c(=O)c2ccccc12)N(C)C(=O)c1cc2c(Cl)cccn2c1. The molecule has 5 nitrogen and oxygen atoms in total. The maximum Gasteiger partial charge on any atom is 0.255 e. The first-order chi connectivity index (χ1) is 13.0. The molecule has 0 saturated carbocycles. The Labute approximate surface area is 160 Å². The topological polar surface area (TPSA) is 57.6 Å². The summed E-state index contributed by atoms with van der Waals surface area (Å²) in [5, 5.41) is 2.06. The maximum atomic E-state index is 13.0. The van der Waals surface area contributed by atoms with Crippen LogP contribution >= 0.6 is 11.6 Å². The zero-order valence-electron chi connectivity index (χ0n) is 14.9. The zero-order valence-corrected chi connectivity index (χ0v) is 15.7. The highest BCUT2D eigenvalue weighted by Gasteiger charge is 2.22. The molecule has 136 valence electrons. The van der Waals surface area contributed by atoms with E-state index in [1.165, 1.54) is 0 Å². The molecule has 0 bridgehead atoms. The number of carbonyl (C=O) groups excluding carboxylic acids is 1. The molecule has 3 aromatic heterocycles. The highest BCUT2D eigenvalue weighted by atomic mass is 35.5. The largest absolute Gasteiger partial charge is 0.335 e. The molecule has 0 saturated heterocycles. The summed E-state index contributed by atoms with van der Waals surface area (Å²) in [6.45, 7) is 1.95. The number of aromatic amines is 1. The third-order valence-electron chi connectivity index (χ3n) is 5.02. The van der Waals surface area contributed by atoms with Crippen molar-refractivity contribution in [2.75, 3.05) is 7.05 Å². The van der Waals surface area contributed by atoms with Gasteiger partial charge in [-0.1, -0.05) is 29.8 Å². The third kappa shape index (κ3) is 2.90. The molecule has 0 radical (unpaired) electrons. The highest BCUT2D eigenvalue weighted by Crippen LogP contribution is 2.27. The number of aromatic nitrogens is 2. The van der Waals surface area contributed by atoms with Gasteiger partial charge in [0, 0.05) is 31.0 Å². The molecule has 0 aliphatic heterocycles. The number of pyridine rings is 2. The van der Waals surface area contributed by atoms with E-state index in [1.807, 2.05) is 41.8 Å². The van der Waals surface area contributed by atoms with Crippen molar-refractivity contribution >= 4 is 33.8 Å². The number of hydrogen-bond donors (Lipinski definition) is 1. The summed E-state index contributed by atoms with van der Waals surface area (Å²) in [7, 11) is 1.76. The first kappa shape index (κ1) is 17.4. The number of nitrogens with one attached hydrogen (secondary N) is 1. The summed E-state index contributed by atoms with van der Waals surface area (Å²) in [5.74, 6) is -0.113. The number of hydrogen-bond acceptors (Lipinski definition) is 2. The van der Waals surface area contributed by atoms with Crippen molar-refractivity contribution in [2.24, 2.45) is 0 Å². The summed E-state index contributed by atoms with van der Waals surface area (Å²) in [5.41, 5.74) is 2.11. The Morgan fingerprint density at radius 3 is 2.67 bits per heavy atom. The summed E-state index contributed by atoms with van der Waals surface area (Å²) in [6, 6.07) is 12.6. The van der Waals surface area contributed by atoms with Crippen molar-refractivity contribution in [2.45, 2.75) is 13.0 Å². The molecule has 0 aliphatic rings. The molecule has 0 unspecified atom stereocenters. The van der Waals surface area contributed by atoms with Crippen LogP contribution in [-0.4, -0.2) is 27.2 Å². The smallest absolute Gasteiger partial charge is 0.255 e. The second kappa shape index (κ2) is 6.59. The van der Waals surface area contributed by atoms with Gasteiger partial charge >= 0.3 is 0 Å². The summed E-state index contributed by atoms with van der Waals surface area (Å²) in [6.07, 6.45) is 5.32. The van der Waals surface area contributed by atoms with Crippen molar-refractivity contribution in [3.63, 3.8) is 0 Å². The molecule has 1 aromatic carbocycles. The van der Waals surface area contributed by atoms with E-state index in [0.717, 1.165) is 16.5 Å². The van der Waals surface area contributed by atoms with Crippen molar-refractivity contribution in [3.05, 3.63) is 87.6 Å². The first-order valence-electron chi connectivity index (χ1n) is 8.61. The van der Waals surface area contributed by atoms with Crippen LogP contribution in [0.3, 0.4) is 0 Å². The summed E-state index contributed by atoms with van der Waals surface area (Å²) in [4.78, 5) is 29.5. The number of H-pyrrole nitrogens is 1. The lowest BCUT2D eigenvalue weighted by atomic mass is 10.0. The fourth-order valence-corrected chi connectivity index (χ4v) is 3.61. The van der Waals surface area contributed by atoms with Gasteiger partial charge in [0.05, 0.1) is 22.1 Å². The Hall–Kier alpha value is -3.05. The first-order valence-corrected chi connectivity index (χ1v) is 8.99. The number of rotatable bonds is 3. The maximum absolute atomic E-state index is 13.0. The van der Waals surface area contributed by atoms with Gasteiger partial charge in [0.15, 0.2) is 0 Å². The number of carbonyl (C=O) groups is 1. The van der Waals surface area contributed by atoms with Gasteiger partial charge in [-0.25, -0.2) is 0 Å². The lowest BCUT2D eigenvalue weighted by molar-refractivity contribution is 0.0743. The van der Waals surface area contributed by atoms with E-state index in [0.29, 0.717) is 16.0 Å². The van der Waals surface area contributed by atoms with Crippen LogP contribution in [0.4, 0.5) is 0 Å². The molecule has 1 N–H and O–H groups in total. The van der Waals surface area contributed by atoms with Crippen molar-refractivity contribution < 1.29 is 4.79 Å².